The van der Waals surface area contributed by atoms with E-state index in [4.69, 9.17) is 10.9 Å². The molecule has 1 unspecified atom stereocenters. The van der Waals surface area contributed by atoms with Crippen LogP contribution in [0.3, 0.4) is 0 Å². The minimum Gasteiger partial charge on any atom is -0.409 e. The molecule has 0 heterocycles. The molecular weight excluding hydrogens is 209 g/mol. The lowest BCUT2D eigenvalue weighted by Gasteiger charge is -2.10. The van der Waals surface area contributed by atoms with E-state index >= 15 is 0 Å². The predicted octanol–water partition coefficient (Wildman–Crippen LogP) is 1.30. The van der Waals surface area contributed by atoms with Gasteiger partial charge in [0.05, 0.1) is 0 Å². The average Bonchev–Trinajstić information content (AvgIpc) is 2.30. The Morgan fingerprint density at radius 3 is 2.69 bits per heavy atom. The molecule has 0 bridgehead atoms. The van der Waals surface area contributed by atoms with Crippen molar-refractivity contribution in [2.24, 2.45) is 16.8 Å². The molecule has 5 heteroatoms. The molecule has 88 valence electrons. The summed E-state index contributed by atoms with van der Waals surface area (Å²) in [6.07, 6.45) is 0. The van der Waals surface area contributed by atoms with Crippen molar-refractivity contribution in [3.05, 3.63) is 35.6 Å². The van der Waals surface area contributed by atoms with Gasteiger partial charge in [0.1, 0.15) is 11.7 Å². The van der Waals surface area contributed by atoms with Crippen LogP contribution in [0.15, 0.2) is 29.4 Å². The molecule has 1 aromatic carbocycles. The first-order chi connectivity index (χ1) is 7.63. The normalized spacial score (nSPS) is 13.8. The van der Waals surface area contributed by atoms with Gasteiger partial charge >= 0.3 is 0 Å². The highest BCUT2D eigenvalue weighted by Gasteiger charge is 2.06. The van der Waals surface area contributed by atoms with E-state index in [-0.39, 0.29) is 17.6 Å². The van der Waals surface area contributed by atoms with Crippen molar-refractivity contribution < 1.29 is 9.60 Å². The number of rotatable bonds is 5. The molecule has 0 radical (unpaired) electrons. The molecule has 0 aliphatic rings. The van der Waals surface area contributed by atoms with Crippen LogP contribution in [0.1, 0.15) is 12.5 Å². The van der Waals surface area contributed by atoms with E-state index in [2.05, 4.69) is 10.5 Å². The second-order valence-corrected chi connectivity index (χ2v) is 3.68. The standard InChI is InChI=1S/C11H16FN3O/c1-8(11(13)15-16)6-14-7-9-2-4-10(12)5-3-9/h2-5,8,14,16H,6-7H2,1H3,(H2,13,15). The maximum atomic E-state index is 12.6. The zero-order chi connectivity index (χ0) is 12.0. The van der Waals surface area contributed by atoms with Crippen molar-refractivity contribution in [2.45, 2.75) is 13.5 Å². The first-order valence-corrected chi connectivity index (χ1v) is 5.06. The van der Waals surface area contributed by atoms with Gasteiger partial charge in [-0.25, -0.2) is 4.39 Å². The van der Waals surface area contributed by atoms with Gasteiger partial charge in [0.15, 0.2) is 0 Å². The lowest BCUT2D eigenvalue weighted by atomic mass is 10.1. The highest BCUT2D eigenvalue weighted by atomic mass is 19.1. The number of nitrogens with two attached hydrogens (primary N) is 1. The van der Waals surface area contributed by atoms with E-state index in [1.165, 1.54) is 12.1 Å². The highest BCUT2D eigenvalue weighted by Crippen LogP contribution is 2.02. The fourth-order valence-electron chi connectivity index (χ4n) is 1.24. The molecule has 16 heavy (non-hydrogen) atoms. The number of benzene rings is 1. The number of oxime groups is 1. The second-order valence-electron chi connectivity index (χ2n) is 3.68. The molecule has 0 aliphatic heterocycles. The summed E-state index contributed by atoms with van der Waals surface area (Å²) in [7, 11) is 0. The van der Waals surface area contributed by atoms with Crippen molar-refractivity contribution in [2.75, 3.05) is 6.54 Å². The summed E-state index contributed by atoms with van der Waals surface area (Å²) >= 11 is 0. The lowest BCUT2D eigenvalue weighted by Crippen LogP contribution is -2.31. The third-order valence-electron chi connectivity index (χ3n) is 2.31. The van der Waals surface area contributed by atoms with E-state index in [1.54, 1.807) is 12.1 Å². The maximum Gasteiger partial charge on any atom is 0.143 e. The quantitative estimate of drug-likeness (QED) is 0.306. The van der Waals surface area contributed by atoms with E-state index < -0.39 is 0 Å². The molecule has 0 fully saturated rings. The molecule has 0 aromatic heterocycles. The number of hydrogen-bond donors (Lipinski definition) is 3. The van der Waals surface area contributed by atoms with Gasteiger partial charge in [-0.2, -0.15) is 0 Å². The molecular formula is C11H16FN3O. The highest BCUT2D eigenvalue weighted by molar-refractivity contribution is 5.82. The SMILES string of the molecule is CC(CNCc1ccc(F)cc1)C(N)=NO. The van der Waals surface area contributed by atoms with Crippen LogP contribution in [0.4, 0.5) is 4.39 Å². The minimum atomic E-state index is -0.242. The van der Waals surface area contributed by atoms with Crippen LogP contribution in [0.2, 0.25) is 0 Å². The van der Waals surface area contributed by atoms with Crippen molar-refractivity contribution in [3.8, 4) is 0 Å². The molecule has 0 saturated carbocycles. The summed E-state index contributed by atoms with van der Waals surface area (Å²) in [5, 5.41) is 14.5. The van der Waals surface area contributed by atoms with E-state index in [0.29, 0.717) is 13.1 Å². The maximum absolute atomic E-state index is 12.6. The number of halogens is 1. The van der Waals surface area contributed by atoms with Crippen molar-refractivity contribution in [1.82, 2.24) is 5.32 Å². The Hall–Kier alpha value is -1.62. The van der Waals surface area contributed by atoms with Gasteiger partial charge in [-0.1, -0.05) is 24.2 Å². The fraction of sp³-hybridized carbons (Fsp3) is 0.364. The van der Waals surface area contributed by atoms with Crippen LogP contribution in [-0.4, -0.2) is 17.6 Å². The van der Waals surface area contributed by atoms with Crippen molar-refractivity contribution in [3.63, 3.8) is 0 Å². The van der Waals surface area contributed by atoms with Crippen LogP contribution in [0.5, 0.6) is 0 Å². The van der Waals surface area contributed by atoms with Gasteiger partial charge in [0.2, 0.25) is 0 Å². The first kappa shape index (κ1) is 12.4. The Balaban J connectivity index is 2.33. The molecule has 4 N–H and O–H groups in total. The summed E-state index contributed by atoms with van der Waals surface area (Å²) in [5.74, 6) is -0.0779. The van der Waals surface area contributed by atoms with Crippen LogP contribution >= 0.6 is 0 Å². The van der Waals surface area contributed by atoms with E-state index in [1.807, 2.05) is 6.92 Å². The van der Waals surface area contributed by atoms with Crippen LogP contribution in [0, 0.1) is 11.7 Å². The first-order valence-electron chi connectivity index (χ1n) is 5.06. The molecule has 0 amide bonds. The topological polar surface area (TPSA) is 70.6 Å². The smallest absolute Gasteiger partial charge is 0.143 e. The number of hydrogen-bond acceptors (Lipinski definition) is 3. The largest absolute Gasteiger partial charge is 0.409 e. The molecule has 0 spiro atoms. The summed E-state index contributed by atoms with van der Waals surface area (Å²) < 4.78 is 12.6. The molecule has 1 atom stereocenters. The summed E-state index contributed by atoms with van der Waals surface area (Å²) in [6, 6.07) is 6.28. The second kappa shape index (κ2) is 6.07. The summed E-state index contributed by atoms with van der Waals surface area (Å²) in [6.45, 7) is 3.09. The van der Waals surface area contributed by atoms with Gasteiger partial charge in [0, 0.05) is 19.0 Å². The molecule has 1 rings (SSSR count). The number of amidine groups is 1. The molecule has 4 nitrogen and oxygen atoms in total. The molecule has 0 aliphatic carbocycles. The van der Waals surface area contributed by atoms with Gasteiger partial charge in [0.25, 0.3) is 0 Å². The van der Waals surface area contributed by atoms with Crippen LogP contribution < -0.4 is 11.1 Å². The Morgan fingerprint density at radius 2 is 2.12 bits per heavy atom. The van der Waals surface area contributed by atoms with E-state index in [9.17, 15) is 4.39 Å². The van der Waals surface area contributed by atoms with Gasteiger partial charge in [-0.15, -0.1) is 0 Å². The van der Waals surface area contributed by atoms with Gasteiger partial charge < -0.3 is 16.3 Å². The number of nitrogens with one attached hydrogen (secondary N) is 1. The zero-order valence-corrected chi connectivity index (χ0v) is 9.15. The Morgan fingerprint density at radius 1 is 1.50 bits per heavy atom. The average molecular weight is 225 g/mol. The van der Waals surface area contributed by atoms with E-state index in [0.717, 1.165) is 5.56 Å². The Labute approximate surface area is 94.0 Å². The monoisotopic (exact) mass is 225 g/mol. The van der Waals surface area contributed by atoms with Crippen molar-refractivity contribution >= 4 is 5.84 Å². The Bertz CT molecular complexity index is 351. The Kier molecular flexibility index (Phi) is 4.72. The fourth-order valence-corrected chi connectivity index (χ4v) is 1.24. The summed E-state index contributed by atoms with van der Waals surface area (Å²) in [4.78, 5) is 0. The number of nitrogens with zero attached hydrogens (tertiary/aromatic N) is 1. The van der Waals surface area contributed by atoms with Crippen molar-refractivity contribution in [1.29, 1.82) is 0 Å². The third-order valence-corrected chi connectivity index (χ3v) is 2.31. The van der Waals surface area contributed by atoms with Crippen LogP contribution in [-0.2, 0) is 6.54 Å². The summed E-state index contributed by atoms with van der Waals surface area (Å²) in [5.41, 5.74) is 6.42. The van der Waals surface area contributed by atoms with Gasteiger partial charge in [-0.05, 0) is 17.7 Å². The van der Waals surface area contributed by atoms with Crippen LogP contribution in [0.25, 0.3) is 0 Å². The molecule has 0 saturated heterocycles. The zero-order valence-electron chi connectivity index (χ0n) is 9.15. The molecule has 1 aromatic rings. The lowest BCUT2D eigenvalue weighted by molar-refractivity contribution is 0.314. The predicted molar refractivity (Wildman–Crippen MR) is 60.7 cm³/mol. The minimum absolute atomic E-state index is 0.0366. The third kappa shape index (κ3) is 3.86. The van der Waals surface area contributed by atoms with Gasteiger partial charge in [-0.3, -0.25) is 0 Å².